The maximum atomic E-state index is 9.27. The van der Waals surface area contributed by atoms with E-state index in [2.05, 4.69) is 52.0 Å². The first-order chi connectivity index (χ1) is 12.8. The lowest BCUT2D eigenvalue weighted by Crippen LogP contribution is -2.01. The van der Waals surface area contributed by atoms with Gasteiger partial charge in [0.05, 0.1) is 11.6 Å². The largest absolute Gasteiger partial charge is 0.306 e. The molecule has 0 aliphatic heterocycles. The number of nitriles is 1. The van der Waals surface area contributed by atoms with Crippen LogP contribution in [0.25, 0.3) is 11.1 Å². The third kappa shape index (κ3) is 3.38. The molecule has 0 unspecified atom stereocenters. The minimum Gasteiger partial charge on any atom is -0.306 e. The molecule has 1 fully saturated rings. The molecule has 0 radical (unpaired) electrons. The number of rotatable bonds is 6. The highest BCUT2D eigenvalue weighted by molar-refractivity contribution is 7.98. The Kier molecular flexibility index (Phi) is 4.77. The summed E-state index contributed by atoms with van der Waals surface area (Å²) in [7, 11) is 0. The smallest absolute Gasteiger partial charge is 0.191 e. The summed E-state index contributed by atoms with van der Waals surface area (Å²) < 4.78 is 2.25. The Hall–Kier alpha value is -2.58. The number of nitrogens with zero attached hydrogens (tertiary/aromatic N) is 4. The lowest BCUT2D eigenvalue weighted by atomic mass is 10.00. The molecule has 3 aromatic rings. The lowest BCUT2D eigenvalue weighted by molar-refractivity contribution is 0.643. The van der Waals surface area contributed by atoms with Crippen molar-refractivity contribution in [1.82, 2.24) is 14.8 Å². The van der Waals surface area contributed by atoms with Crippen LogP contribution in [-0.4, -0.2) is 14.8 Å². The molecule has 0 N–H and O–H groups in total. The van der Waals surface area contributed by atoms with Gasteiger partial charge in [-0.25, -0.2) is 0 Å². The first kappa shape index (κ1) is 16.9. The van der Waals surface area contributed by atoms with E-state index in [0.717, 1.165) is 34.4 Å². The minimum absolute atomic E-state index is 0.622. The highest BCUT2D eigenvalue weighted by Crippen LogP contribution is 2.40. The van der Waals surface area contributed by atoms with E-state index in [0.29, 0.717) is 11.5 Å². The first-order valence-corrected chi connectivity index (χ1v) is 9.93. The molecule has 0 amide bonds. The van der Waals surface area contributed by atoms with Crippen LogP contribution in [0.1, 0.15) is 42.6 Å². The standard InChI is InChI=1S/C21H20N4S/c1-2-25-20(17-11-12-17)23-24-21(25)26-14-15-7-9-16(10-8-15)19-6-4-3-5-18(19)13-22/h3-10,17H,2,11-12,14H2,1H3. The Morgan fingerprint density at radius 2 is 1.88 bits per heavy atom. The summed E-state index contributed by atoms with van der Waals surface area (Å²) >= 11 is 1.74. The summed E-state index contributed by atoms with van der Waals surface area (Å²) in [4.78, 5) is 0. The molecule has 4 rings (SSSR count). The van der Waals surface area contributed by atoms with Gasteiger partial charge in [-0.2, -0.15) is 5.26 Å². The predicted octanol–water partition coefficient (Wildman–Crippen LogP) is 5.01. The Morgan fingerprint density at radius 1 is 1.12 bits per heavy atom. The van der Waals surface area contributed by atoms with Crippen molar-refractivity contribution in [3.05, 3.63) is 65.5 Å². The maximum absolute atomic E-state index is 9.27. The number of thioether (sulfide) groups is 1. The van der Waals surface area contributed by atoms with Gasteiger partial charge in [0.25, 0.3) is 0 Å². The highest BCUT2D eigenvalue weighted by Gasteiger charge is 2.29. The van der Waals surface area contributed by atoms with E-state index in [1.165, 1.54) is 18.4 Å². The summed E-state index contributed by atoms with van der Waals surface area (Å²) in [6, 6.07) is 18.4. The fourth-order valence-electron chi connectivity index (χ4n) is 3.11. The van der Waals surface area contributed by atoms with Gasteiger partial charge in [0.1, 0.15) is 5.82 Å². The molecule has 0 atom stereocenters. The Labute approximate surface area is 157 Å². The molecule has 1 aliphatic rings. The van der Waals surface area contributed by atoms with Crippen molar-refractivity contribution < 1.29 is 0 Å². The quantitative estimate of drug-likeness (QED) is 0.580. The monoisotopic (exact) mass is 360 g/mol. The third-order valence-corrected chi connectivity index (χ3v) is 5.72. The molecule has 0 spiro atoms. The van der Waals surface area contributed by atoms with Gasteiger partial charge in [-0.1, -0.05) is 54.2 Å². The Balaban J connectivity index is 1.48. The van der Waals surface area contributed by atoms with E-state index >= 15 is 0 Å². The van der Waals surface area contributed by atoms with E-state index in [1.807, 2.05) is 24.3 Å². The van der Waals surface area contributed by atoms with Crippen LogP contribution in [0, 0.1) is 11.3 Å². The van der Waals surface area contributed by atoms with Crippen LogP contribution < -0.4 is 0 Å². The highest BCUT2D eigenvalue weighted by atomic mass is 32.2. The van der Waals surface area contributed by atoms with Crippen LogP contribution >= 0.6 is 11.8 Å². The molecular formula is C21H20N4S. The van der Waals surface area contributed by atoms with Crippen molar-refractivity contribution in [2.45, 2.75) is 43.1 Å². The molecule has 1 aromatic heterocycles. The zero-order chi connectivity index (χ0) is 17.9. The van der Waals surface area contributed by atoms with Gasteiger partial charge in [0.2, 0.25) is 0 Å². The third-order valence-electron chi connectivity index (χ3n) is 4.68. The second-order valence-electron chi connectivity index (χ2n) is 6.50. The van der Waals surface area contributed by atoms with Crippen molar-refractivity contribution >= 4 is 11.8 Å². The van der Waals surface area contributed by atoms with Crippen molar-refractivity contribution in [3.8, 4) is 17.2 Å². The van der Waals surface area contributed by atoms with Crippen LogP contribution in [0.5, 0.6) is 0 Å². The average Bonchev–Trinajstić information content (AvgIpc) is 3.46. The molecule has 5 heteroatoms. The zero-order valence-corrected chi connectivity index (χ0v) is 15.5. The van der Waals surface area contributed by atoms with Crippen LogP contribution in [0.4, 0.5) is 0 Å². The minimum atomic E-state index is 0.622. The van der Waals surface area contributed by atoms with Crippen molar-refractivity contribution in [1.29, 1.82) is 5.26 Å². The van der Waals surface area contributed by atoms with Crippen LogP contribution in [0.2, 0.25) is 0 Å². The Bertz CT molecular complexity index is 949. The lowest BCUT2D eigenvalue weighted by Gasteiger charge is -2.08. The summed E-state index contributed by atoms with van der Waals surface area (Å²) in [5.41, 5.74) is 4.00. The molecule has 2 aromatic carbocycles. The molecule has 4 nitrogen and oxygen atoms in total. The van der Waals surface area contributed by atoms with Gasteiger partial charge in [0, 0.05) is 18.2 Å². The number of aromatic nitrogens is 3. The van der Waals surface area contributed by atoms with Crippen LogP contribution in [0.3, 0.4) is 0 Å². The van der Waals surface area contributed by atoms with Crippen LogP contribution in [-0.2, 0) is 12.3 Å². The second kappa shape index (κ2) is 7.35. The van der Waals surface area contributed by atoms with Gasteiger partial charge in [0.15, 0.2) is 5.16 Å². The fourth-order valence-corrected chi connectivity index (χ4v) is 4.07. The van der Waals surface area contributed by atoms with Gasteiger partial charge in [-0.15, -0.1) is 10.2 Å². The predicted molar refractivity (Wildman–Crippen MR) is 104 cm³/mol. The van der Waals surface area contributed by atoms with Crippen molar-refractivity contribution in [2.75, 3.05) is 0 Å². The molecular weight excluding hydrogens is 340 g/mol. The van der Waals surface area contributed by atoms with E-state index < -0.39 is 0 Å². The second-order valence-corrected chi connectivity index (χ2v) is 7.44. The van der Waals surface area contributed by atoms with Gasteiger partial charge < -0.3 is 4.57 Å². The first-order valence-electron chi connectivity index (χ1n) is 8.94. The summed E-state index contributed by atoms with van der Waals surface area (Å²) in [6.45, 7) is 3.08. The summed E-state index contributed by atoms with van der Waals surface area (Å²) in [6.07, 6.45) is 2.49. The molecule has 1 aliphatic carbocycles. The van der Waals surface area contributed by atoms with Crippen molar-refractivity contribution in [2.24, 2.45) is 0 Å². The van der Waals surface area contributed by atoms with E-state index in [1.54, 1.807) is 11.8 Å². The summed E-state index contributed by atoms with van der Waals surface area (Å²) in [5, 5.41) is 19.1. The summed E-state index contributed by atoms with van der Waals surface area (Å²) in [5.74, 6) is 2.64. The normalized spacial score (nSPS) is 13.5. The number of hydrogen-bond donors (Lipinski definition) is 0. The maximum Gasteiger partial charge on any atom is 0.191 e. The molecule has 0 saturated heterocycles. The van der Waals surface area contributed by atoms with E-state index in [4.69, 9.17) is 0 Å². The zero-order valence-electron chi connectivity index (χ0n) is 14.7. The molecule has 130 valence electrons. The van der Waals surface area contributed by atoms with Gasteiger partial charge in [-0.3, -0.25) is 0 Å². The number of benzene rings is 2. The molecule has 0 bridgehead atoms. The van der Waals surface area contributed by atoms with Crippen LogP contribution in [0.15, 0.2) is 53.7 Å². The molecule has 1 saturated carbocycles. The SMILES string of the molecule is CCn1c(SCc2ccc(-c3ccccc3C#N)cc2)nnc1C1CC1. The molecule has 26 heavy (non-hydrogen) atoms. The van der Waals surface area contributed by atoms with E-state index in [9.17, 15) is 5.26 Å². The molecule has 1 heterocycles. The van der Waals surface area contributed by atoms with Gasteiger partial charge >= 0.3 is 0 Å². The Morgan fingerprint density at radius 3 is 2.58 bits per heavy atom. The fraction of sp³-hybridized carbons (Fsp3) is 0.286. The van der Waals surface area contributed by atoms with Gasteiger partial charge in [-0.05, 0) is 42.5 Å². The topological polar surface area (TPSA) is 54.5 Å². The number of hydrogen-bond acceptors (Lipinski definition) is 4. The average molecular weight is 360 g/mol. The van der Waals surface area contributed by atoms with E-state index in [-0.39, 0.29) is 0 Å². The van der Waals surface area contributed by atoms with Crippen molar-refractivity contribution in [3.63, 3.8) is 0 Å².